The van der Waals surface area contributed by atoms with E-state index < -0.39 is 11.8 Å². The highest BCUT2D eigenvalue weighted by Crippen LogP contribution is 2.21. The second kappa shape index (κ2) is 10.3. The van der Waals surface area contributed by atoms with E-state index in [1.807, 2.05) is 13.0 Å². The van der Waals surface area contributed by atoms with Crippen LogP contribution in [0.2, 0.25) is 5.02 Å². The molecule has 0 aliphatic carbocycles. The van der Waals surface area contributed by atoms with Crippen molar-refractivity contribution < 1.29 is 19.1 Å². The fourth-order valence-corrected chi connectivity index (χ4v) is 2.33. The molecule has 0 radical (unpaired) electrons. The van der Waals surface area contributed by atoms with Crippen molar-refractivity contribution in [3.63, 3.8) is 0 Å². The Labute approximate surface area is 167 Å². The standard InChI is InChI=1S/C18H18ClN3O4S/c1-12-9-13(19)7-8-15(12)26-10-16(23)20-18(27)22-21-17(24)11-25-14-5-3-2-4-6-14/h2-9H,10-11H2,1H3,(H,21,24)(H2,20,22,23,27). The van der Waals surface area contributed by atoms with Gasteiger partial charge in [0.15, 0.2) is 18.3 Å². The molecule has 2 aromatic rings. The van der Waals surface area contributed by atoms with Crippen molar-refractivity contribution in [3.8, 4) is 11.5 Å². The van der Waals surface area contributed by atoms with Gasteiger partial charge in [-0.1, -0.05) is 29.8 Å². The molecule has 27 heavy (non-hydrogen) atoms. The molecular formula is C18H18ClN3O4S. The number of benzene rings is 2. The molecule has 9 heteroatoms. The molecule has 142 valence electrons. The highest BCUT2D eigenvalue weighted by atomic mass is 35.5. The smallest absolute Gasteiger partial charge is 0.276 e. The molecule has 0 saturated carbocycles. The Bertz CT molecular complexity index is 818. The molecule has 0 spiro atoms. The summed E-state index contributed by atoms with van der Waals surface area (Å²) in [5, 5.41) is 2.90. The number of ether oxygens (including phenoxy) is 2. The summed E-state index contributed by atoms with van der Waals surface area (Å²) in [5.74, 6) is 0.179. The zero-order valence-electron chi connectivity index (χ0n) is 14.5. The predicted octanol–water partition coefficient (Wildman–Crippen LogP) is 2.13. The molecule has 0 aliphatic rings. The number of halogens is 1. The van der Waals surface area contributed by atoms with Gasteiger partial charge in [0.1, 0.15) is 11.5 Å². The van der Waals surface area contributed by atoms with Gasteiger partial charge in [-0.2, -0.15) is 0 Å². The van der Waals surface area contributed by atoms with Gasteiger partial charge < -0.3 is 9.47 Å². The molecule has 0 atom stereocenters. The third kappa shape index (κ3) is 7.51. The van der Waals surface area contributed by atoms with Crippen LogP contribution in [0.1, 0.15) is 5.56 Å². The monoisotopic (exact) mass is 407 g/mol. The lowest BCUT2D eigenvalue weighted by Gasteiger charge is -2.12. The summed E-state index contributed by atoms with van der Waals surface area (Å²) in [7, 11) is 0. The number of hydrogen-bond donors (Lipinski definition) is 3. The van der Waals surface area contributed by atoms with Crippen molar-refractivity contribution >= 4 is 40.7 Å². The number of amides is 2. The fraction of sp³-hybridized carbons (Fsp3) is 0.167. The van der Waals surface area contributed by atoms with E-state index in [0.717, 1.165) is 5.56 Å². The zero-order valence-corrected chi connectivity index (χ0v) is 16.0. The molecule has 0 aromatic heterocycles. The van der Waals surface area contributed by atoms with Crippen molar-refractivity contribution in [2.45, 2.75) is 6.92 Å². The Morgan fingerprint density at radius 3 is 2.41 bits per heavy atom. The highest BCUT2D eigenvalue weighted by molar-refractivity contribution is 7.80. The molecule has 2 aromatic carbocycles. The molecular weight excluding hydrogens is 390 g/mol. The van der Waals surface area contributed by atoms with Crippen LogP contribution in [0, 0.1) is 6.92 Å². The summed E-state index contributed by atoms with van der Waals surface area (Å²) in [6, 6.07) is 14.0. The van der Waals surface area contributed by atoms with Crippen molar-refractivity contribution in [2.24, 2.45) is 0 Å². The van der Waals surface area contributed by atoms with Crippen molar-refractivity contribution in [2.75, 3.05) is 13.2 Å². The Morgan fingerprint density at radius 2 is 1.70 bits per heavy atom. The second-order valence-corrected chi connectivity index (χ2v) is 6.20. The number of nitrogens with one attached hydrogen (secondary N) is 3. The van der Waals surface area contributed by atoms with E-state index in [1.54, 1.807) is 42.5 Å². The van der Waals surface area contributed by atoms with Crippen LogP contribution in [0.4, 0.5) is 0 Å². The first-order valence-electron chi connectivity index (χ1n) is 7.89. The number of hydrazine groups is 1. The molecule has 0 bridgehead atoms. The average Bonchev–Trinajstić information content (AvgIpc) is 2.65. The van der Waals surface area contributed by atoms with Gasteiger partial charge in [-0.3, -0.25) is 25.8 Å². The first-order valence-corrected chi connectivity index (χ1v) is 8.68. The first kappa shape index (κ1) is 20.5. The van der Waals surface area contributed by atoms with Gasteiger partial charge in [-0.25, -0.2) is 0 Å². The van der Waals surface area contributed by atoms with Crippen LogP contribution in [0.25, 0.3) is 0 Å². The molecule has 0 heterocycles. The third-order valence-corrected chi connectivity index (χ3v) is 3.62. The molecule has 0 fully saturated rings. The maximum atomic E-state index is 11.8. The van der Waals surface area contributed by atoms with Crippen LogP contribution in [-0.4, -0.2) is 30.1 Å². The summed E-state index contributed by atoms with van der Waals surface area (Å²) in [4.78, 5) is 23.5. The minimum absolute atomic E-state index is 0.0653. The molecule has 2 amide bonds. The maximum absolute atomic E-state index is 11.8. The van der Waals surface area contributed by atoms with E-state index in [-0.39, 0.29) is 18.3 Å². The second-order valence-electron chi connectivity index (χ2n) is 5.35. The van der Waals surface area contributed by atoms with Crippen LogP contribution < -0.4 is 25.6 Å². The number of carbonyl (C=O) groups excluding carboxylic acids is 2. The van der Waals surface area contributed by atoms with Gasteiger partial charge in [0, 0.05) is 5.02 Å². The predicted molar refractivity (Wildman–Crippen MR) is 106 cm³/mol. The average molecular weight is 408 g/mol. The van der Waals surface area contributed by atoms with E-state index >= 15 is 0 Å². The van der Waals surface area contributed by atoms with Crippen molar-refractivity contribution in [3.05, 3.63) is 59.1 Å². The van der Waals surface area contributed by atoms with E-state index in [2.05, 4.69) is 16.2 Å². The number of rotatable bonds is 6. The molecule has 0 saturated heterocycles. The number of carbonyl (C=O) groups is 2. The first-order chi connectivity index (χ1) is 12.9. The van der Waals surface area contributed by atoms with Gasteiger partial charge in [0.2, 0.25) is 0 Å². The lowest BCUT2D eigenvalue weighted by Crippen LogP contribution is -2.50. The quantitative estimate of drug-likeness (QED) is 0.502. The molecule has 2 rings (SSSR count). The highest BCUT2D eigenvalue weighted by Gasteiger charge is 2.09. The summed E-state index contributed by atoms with van der Waals surface area (Å²) in [5.41, 5.74) is 5.54. The Morgan fingerprint density at radius 1 is 1.00 bits per heavy atom. The summed E-state index contributed by atoms with van der Waals surface area (Å²) in [6.45, 7) is 1.38. The Hall–Kier alpha value is -2.84. The minimum atomic E-state index is -0.475. The van der Waals surface area contributed by atoms with Crippen LogP contribution in [0.5, 0.6) is 11.5 Å². The Kier molecular flexibility index (Phi) is 7.84. The number of hydrogen-bond acceptors (Lipinski definition) is 5. The third-order valence-electron chi connectivity index (χ3n) is 3.18. The summed E-state index contributed by atoms with van der Waals surface area (Å²) < 4.78 is 10.7. The molecule has 0 aliphatic heterocycles. The SMILES string of the molecule is Cc1cc(Cl)ccc1OCC(=O)NC(=S)NNC(=O)COc1ccccc1. The lowest BCUT2D eigenvalue weighted by atomic mass is 10.2. The van der Waals surface area contributed by atoms with E-state index in [4.69, 9.17) is 33.3 Å². The van der Waals surface area contributed by atoms with Crippen LogP contribution in [0.3, 0.4) is 0 Å². The van der Waals surface area contributed by atoms with E-state index in [1.165, 1.54) is 0 Å². The molecule has 0 unspecified atom stereocenters. The van der Waals surface area contributed by atoms with Crippen LogP contribution >= 0.6 is 23.8 Å². The van der Waals surface area contributed by atoms with Crippen molar-refractivity contribution in [1.29, 1.82) is 0 Å². The molecule has 3 N–H and O–H groups in total. The van der Waals surface area contributed by atoms with Gasteiger partial charge in [-0.15, -0.1) is 0 Å². The van der Waals surface area contributed by atoms with E-state index in [9.17, 15) is 9.59 Å². The minimum Gasteiger partial charge on any atom is -0.484 e. The van der Waals surface area contributed by atoms with Gasteiger partial charge >= 0.3 is 0 Å². The van der Waals surface area contributed by atoms with Gasteiger partial charge in [-0.05, 0) is 55.0 Å². The van der Waals surface area contributed by atoms with Crippen LogP contribution in [-0.2, 0) is 9.59 Å². The van der Waals surface area contributed by atoms with Crippen LogP contribution in [0.15, 0.2) is 48.5 Å². The summed E-state index contributed by atoms with van der Waals surface area (Å²) in [6.07, 6.45) is 0. The molecule has 7 nitrogen and oxygen atoms in total. The Balaban J connectivity index is 1.65. The fourth-order valence-electron chi connectivity index (χ4n) is 1.94. The van der Waals surface area contributed by atoms with Crippen molar-refractivity contribution in [1.82, 2.24) is 16.2 Å². The number of para-hydroxylation sites is 1. The largest absolute Gasteiger partial charge is 0.484 e. The number of aryl methyl sites for hydroxylation is 1. The van der Waals surface area contributed by atoms with Gasteiger partial charge in [0.05, 0.1) is 0 Å². The lowest BCUT2D eigenvalue weighted by molar-refractivity contribution is -0.124. The summed E-state index contributed by atoms with van der Waals surface area (Å²) >= 11 is 10.8. The number of thiocarbonyl (C=S) groups is 1. The van der Waals surface area contributed by atoms with E-state index in [0.29, 0.717) is 16.5 Å². The zero-order chi connectivity index (χ0) is 19.6. The normalized spacial score (nSPS) is 9.85. The topological polar surface area (TPSA) is 88.7 Å². The van der Waals surface area contributed by atoms with Gasteiger partial charge in [0.25, 0.3) is 11.8 Å². The maximum Gasteiger partial charge on any atom is 0.276 e.